The zero-order chi connectivity index (χ0) is 9.61. The van der Waals surface area contributed by atoms with E-state index in [9.17, 15) is 9.59 Å². The molecule has 0 aliphatic heterocycles. The predicted molar refractivity (Wildman–Crippen MR) is 45.6 cm³/mol. The summed E-state index contributed by atoms with van der Waals surface area (Å²) in [5, 5.41) is 0. The van der Waals surface area contributed by atoms with Crippen LogP contribution in [-0.4, -0.2) is 18.9 Å². The van der Waals surface area contributed by atoms with Crippen molar-refractivity contribution in [1.29, 1.82) is 0 Å². The van der Waals surface area contributed by atoms with Gasteiger partial charge in [-0.1, -0.05) is 6.08 Å². The van der Waals surface area contributed by atoms with E-state index in [0.29, 0.717) is 6.61 Å². The van der Waals surface area contributed by atoms with Crippen molar-refractivity contribution in [2.24, 2.45) is 5.41 Å². The number of esters is 1. The zero-order valence-corrected chi connectivity index (χ0v) is 7.66. The molecule has 0 aromatic rings. The largest absolute Gasteiger partial charge is 0.463 e. The highest BCUT2D eigenvalue weighted by molar-refractivity contribution is 5.82. The summed E-state index contributed by atoms with van der Waals surface area (Å²) in [5.74, 6) is -0.410. The van der Waals surface area contributed by atoms with Gasteiger partial charge in [0.1, 0.15) is 6.29 Å². The summed E-state index contributed by atoms with van der Waals surface area (Å²) < 4.78 is 4.64. The summed E-state index contributed by atoms with van der Waals surface area (Å²) in [5.41, 5.74) is -0.591. The summed E-state index contributed by atoms with van der Waals surface area (Å²) in [6.45, 7) is 5.52. The number of hydrogen-bond donors (Lipinski definition) is 0. The van der Waals surface area contributed by atoms with E-state index in [1.807, 2.05) is 0 Å². The Kier molecular flexibility index (Phi) is 4.26. The van der Waals surface area contributed by atoms with Crippen molar-refractivity contribution < 1.29 is 14.3 Å². The highest BCUT2D eigenvalue weighted by atomic mass is 16.5. The molecule has 0 saturated carbocycles. The monoisotopic (exact) mass is 170 g/mol. The number of hydrogen-bond acceptors (Lipinski definition) is 3. The van der Waals surface area contributed by atoms with Crippen LogP contribution in [0.3, 0.4) is 0 Å². The van der Waals surface area contributed by atoms with E-state index >= 15 is 0 Å². The first kappa shape index (κ1) is 10.9. The first-order valence-electron chi connectivity index (χ1n) is 3.84. The molecular formula is C9H14O3. The molecule has 3 nitrogen and oxygen atoms in total. The lowest BCUT2D eigenvalue weighted by atomic mass is 9.95. The third-order valence-corrected chi connectivity index (χ3v) is 1.24. The van der Waals surface area contributed by atoms with Gasteiger partial charge in [0.2, 0.25) is 0 Å². The summed E-state index contributed by atoms with van der Waals surface area (Å²) >= 11 is 0. The van der Waals surface area contributed by atoms with E-state index in [1.54, 1.807) is 20.8 Å². The maximum Gasteiger partial charge on any atom is 0.330 e. The van der Waals surface area contributed by atoms with Crippen LogP contribution in [-0.2, 0) is 14.3 Å². The molecule has 0 unspecified atom stereocenters. The van der Waals surface area contributed by atoms with Gasteiger partial charge in [0.25, 0.3) is 0 Å². The molecule has 0 rings (SSSR count). The van der Waals surface area contributed by atoms with Crippen LogP contribution < -0.4 is 0 Å². The highest BCUT2D eigenvalue weighted by Gasteiger charge is 2.11. The molecular weight excluding hydrogens is 156 g/mol. The molecule has 0 aromatic heterocycles. The minimum absolute atomic E-state index is 0.352. The number of aldehydes is 1. The van der Waals surface area contributed by atoms with Crippen LogP contribution in [0.5, 0.6) is 0 Å². The molecule has 0 bridgehead atoms. The van der Waals surface area contributed by atoms with Crippen LogP contribution in [0.25, 0.3) is 0 Å². The van der Waals surface area contributed by atoms with Crippen molar-refractivity contribution >= 4 is 12.3 Å². The molecule has 0 atom stereocenters. The van der Waals surface area contributed by atoms with E-state index in [0.717, 1.165) is 6.29 Å². The molecule has 3 heteroatoms. The normalized spacial score (nSPS) is 11.6. The minimum Gasteiger partial charge on any atom is -0.463 e. The topological polar surface area (TPSA) is 43.4 Å². The summed E-state index contributed by atoms with van der Waals surface area (Å²) in [7, 11) is 0. The van der Waals surface area contributed by atoms with E-state index in [2.05, 4.69) is 4.74 Å². The molecule has 0 aliphatic carbocycles. The third-order valence-electron chi connectivity index (χ3n) is 1.24. The Labute approximate surface area is 72.4 Å². The predicted octanol–water partition coefficient (Wildman–Crippen LogP) is 1.33. The Balaban J connectivity index is 4.05. The zero-order valence-electron chi connectivity index (χ0n) is 7.66. The third kappa shape index (κ3) is 4.66. The molecule has 0 aliphatic rings. The second-order valence-corrected chi connectivity index (χ2v) is 3.02. The number of carbonyl (C=O) groups excluding carboxylic acids is 2. The Morgan fingerprint density at radius 1 is 1.50 bits per heavy atom. The Morgan fingerprint density at radius 2 is 2.08 bits per heavy atom. The standard InChI is InChI=1S/C9H14O3/c1-4-12-8(11)5-6-9(2,3)7-10/h5-7H,4H2,1-3H3. The number of rotatable bonds is 4. The van der Waals surface area contributed by atoms with Gasteiger partial charge in [-0.15, -0.1) is 0 Å². The van der Waals surface area contributed by atoms with Gasteiger partial charge in [0.05, 0.1) is 6.61 Å². The van der Waals surface area contributed by atoms with Crippen molar-refractivity contribution in [1.82, 2.24) is 0 Å². The fraction of sp³-hybridized carbons (Fsp3) is 0.556. The van der Waals surface area contributed by atoms with E-state index in [1.165, 1.54) is 12.2 Å². The molecule has 0 N–H and O–H groups in total. The van der Waals surface area contributed by atoms with E-state index in [-0.39, 0.29) is 0 Å². The van der Waals surface area contributed by atoms with Gasteiger partial charge in [-0.3, -0.25) is 0 Å². The van der Waals surface area contributed by atoms with Gasteiger partial charge in [0.15, 0.2) is 0 Å². The fourth-order valence-electron chi connectivity index (χ4n) is 0.512. The average molecular weight is 170 g/mol. The first-order valence-corrected chi connectivity index (χ1v) is 3.84. The van der Waals surface area contributed by atoms with Crippen molar-refractivity contribution in [3.05, 3.63) is 12.2 Å². The summed E-state index contributed by atoms with van der Waals surface area (Å²) in [4.78, 5) is 21.2. The Morgan fingerprint density at radius 3 is 2.50 bits per heavy atom. The lowest BCUT2D eigenvalue weighted by molar-refractivity contribution is -0.137. The minimum atomic E-state index is -0.591. The fourth-order valence-corrected chi connectivity index (χ4v) is 0.512. The van der Waals surface area contributed by atoms with Crippen molar-refractivity contribution in [3.63, 3.8) is 0 Å². The average Bonchev–Trinajstić information content (AvgIpc) is 2.02. The lowest BCUT2D eigenvalue weighted by Gasteiger charge is -2.08. The summed E-state index contributed by atoms with van der Waals surface area (Å²) in [6, 6.07) is 0. The molecule has 0 fully saturated rings. The molecule has 0 radical (unpaired) electrons. The second kappa shape index (κ2) is 4.70. The van der Waals surface area contributed by atoms with Crippen LogP contribution in [0.4, 0.5) is 0 Å². The SMILES string of the molecule is CCOC(=O)C=CC(C)(C)C=O. The molecule has 0 amide bonds. The number of allylic oxidation sites excluding steroid dienone is 1. The highest BCUT2D eigenvalue weighted by Crippen LogP contribution is 2.12. The van der Waals surface area contributed by atoms with Gasteiger partial charge >= 0.3 is 5.97 Å². The Hall–Kier alpha value is -1.12. The maximum atomic E-state index is 10.8. The quantitative estimate of drug-likeness (QED) is 0.363. The van der Waals surface area contributed by atoms with Crippen molar-refractivity contribution in [2.75, 3.05) is 6.61 Å². The molecule has 0 saturated heterocycles. The molecule has 68 valence electrons. The van der Waals surface area contributed by atoms with Gasteiger partial charge in [-0.2, -0.15) is 0 Å². The van der Waals surface area contributed by atoms with Crippen LogP contribution >= 0.6 is 0 Å². The summed E-state index contributed by atoms with van der Waals surface area (Å²) in [6.07, 6.45) is 3.58. The van der Waals surface area contributed by atoms with Crippen LogP contribution in [0.1, 0.15) is 20.8 Å². The smallest absolute Gasteiger partial charge is 0.330 e. The maximum absolute atomic E-state index is 10.8. The second-order valence-electron chi connectivity index (χ2n) is 3.02. The van der Waals surface area contributed by atoms with Gasteiger partial charge in [-0.25, -0.2) is 4.79 Å². The van der Waals surface area contributed by atoms with E-state index in [4.69, 9.17) is 0 Å². The number of carbonyl (C=O) groups is 2. The Bertz CT molecular complexity index is 192. The molecule has 0 heterocycles. The van der Waals surface area contributed by atoms with Crippen LogP contribution in [0.15, 0.2) is 12.2 Å². The molecule has 0 aromatic carbocycles. The lowest BCUT2D eigenvalue weighted by Crippen LogP contribution is -2.10. The first-order chi connectivity index (χ1) is 5.52. The number of ether oxygens (including phenoxy) is 1. The molecule has 12 heavy (non-hydrogen) atoms. The van der Waals surface area contributed by atoms with Crippen LogP contribution in [0, 0.1) is 5.41 Å². The van der Waals surface area contributed by atoms with Crippen molar-refractivity contribution in [2.45, 2.75) is 20.8 Å². The van der Waals surface area contributed by atoms with Gasteiger partial charge in [-0.05, 0) is 20.8 Å². The van der Waals surface area contributed by atoms with E-state index < -0.39 is 11.4 Å². The van der Waals surface area contributed by atoms with Gasteiger partial charge in [0, 0.05) is 11.5 Å². The van der Waals surface area contributed by atoms with Gasteiger partial charge < -0.3 is 9.53 Å². The van der Waals surface area contributed by atoms with Crippen molar-refractivity contribution in [3.8, 4) is 0 Å². The molecule has 0 spiro atoms. The van der Waals surface area contributed by atoms with Crippen LogP contribution in [0.2, 0.25) is 0 Å².